The average molecular weight is 215 g/mol. The molecule has 0 aliphatic carbocycles. The van der Waals surface area contributed by atoms with Crippen LogP contribution in [0.5, 0.6) is 0 Å². The largest absolute Gasteiger partial charge is 0.316 e. The monoisotopic (exact) mass is 215 g/mol. The van der Waals surface area contributed by atoms with Gasteiger partial charge in [0.15, 0.2) is 0 Å². The Morgan fingerprint density at radius 2 is 1.69 bits per heavy atom. The van der Waals surface area contributed by atoms with Crippen LogP contribution < -0.4 is 5.32 Å². The van der Waals surface area contributed by atoms with Crippen LogP contribution in [-0.2, 0) is 6.54 Å². The van der Waals surface area contributed by atoms with Gasteiger partial charge in [-0.15, -0.1) is 0 Å². The number of nitrogens with one attached hydrogen (secondary N) is 1. The van der Waals surface area contributed by atoms with Gasteiger partial charge in [0.2, 0.25) is 0 Å². The van der Waals surface area contributed by atoms with Crippen LogP contribution in [0.1, 0.15) is 5.56 Å². The number of rotatable bonds is 3. The Balaban J connectivity index is 2.31. The zero-order valence-electron chi connectivity index (χ0n) is 9.20. The van der Waals surface area contributed by atoms with Crippen molar-refractivity contribution in [3.63, 3.8) is 0 Å². The van der Waals surface area contributed by atoms with Crippen LogP contribution in [0.2, 0.25) is 0 Å². The van der Waals surface area contributed by atoms with Crippen molar-refractivity contribution in [1.29, 1.82) is 0 Å². The van der Waals surface area contributed by atoms with E-state index >= 15 is 0 Å². The van der Waals surface area contributed by atoms with Crippen molar-refractivity contribution >= 4 is 0 Å². The Labute approximate surface area is 94.9 Å². The van der Waals surface area contributed by atoms with Gasteiger partial charge in [0.1, 0.15) is 5.82 Å². The highest BCUT2D eigenvalue weighted by atomic mass is 19.1. The van der Waals surface area contributed by atoms with E-state index in [9.17, 15) is 4.39 Å². The van der Waals surface area contributed by atoms with E-state index in [-0.39, 0.29) is 5.82 Å². The summed E-state index contributed by atoms with van der Waals surface area (Å²) in [7, 11) is 1.91. The predicted octanol–water partition coefficient (Wildman–Crippen LogP) is 3.21. The molecule has 0 aliphatic rings. The van der Waals surface area contributed by atoms with Crippen LogP contribution in [0.25, 0.3) is 11.1 Å². The summed E-state index contributed by atoms with van der Waals surface area (Å²) in [6.07, 6.45) is 0. The highest BCUT2D eigenvalue weighted by Gasteiger charge is 2.02. The van der Waals surface area contributed by atoms with Crippen molar-refractivity contribution in [2.24, 2.45) is 0 Å². The van der Waals surface area contributed by atoms with Gasteiger partial charge in [-0.1, -0.05) is 42.5 Å². The second kappa shape index (κ2) is 4.90. The average Bonchev–Trinajstić information content (AvgIpc) is 2.31. The molecular formula is C14H14FN. The zero-order chi connectivity index (χ0) is 11.4. The third kappa shape index (κ3) is 2.28. The molecule has 0 saturated heterocycles. The lowest BCUT2D eigenvalue weighted by molar-refractivity contribution is 0.631. The summed E-state index contributed by atoms with van der Waals surface area (Å²) < 4.78 is 13.5. The van der Waals surface area contributed by atoms with E-state index in [0.29, 0.717) is 5.56 Å². The van der Waals surface area contributed by atoms with Gasteiger partial charge >= 0.3 is 0 Å². The molecule has 0 amide bonds. The molecule has 0 heterocycles. The van der Waals surface area contributed by atoms with Gasteiger partial charge < -0.3 is 5.32 Å². The SMILES string of the molecule is CNCc1ccc(-c2ccccc2F)cc1. The van der Waals surface area contributed by atoms with E-state index in [1.54, 1.807) is 12.1 Å². The Bertz CT molecular complexity index is 462. The lowest BCUT2D eigenvalue weighted by atomic mass is 10.0. The molecule has 0 aromatic heterocycles. The molecule has 0 fully saturated rings. The Morgan fingerprint density at radius 1 is 1.00 bits per heavy atom. The molecule has 0 radical (unpaired) electrons. The van der Waals surface area contributed by atoms with Crippen LogP contribution >= 0.6 is 0 Å². The fraction of sp³-hybridized carbons (Fsp3) is 0.143. The van der Waals surface area contributed by atoms with Gasteiger partial charge in [-0.25, -0.2) is 4.39 Å². The summed E-state index contributed by atoms with van der Waals surface area (Å²) in [6.45, 7) is 0.831. The number of halogens is 1. The van der Waals surface area contributed by atoms with Gasteiger partial charge in [-0.05, 0) is 24.2 Å². The third-order valence-electron chi connectivity index (χ3n) is 2.52. The number of benzene rings is 2. The van der Waals surface area contributed by atoms with Crippen LogP contribution in [0.3, 0.4) is 0 Å². The fourth-order valence-corrected chi connectivity index (χ4v) is 1.70. The van der Waals surface area contributed by atoms with Crippen molar-refractivity contribution in [3.05, 3.63) is 59.9 Å². The summed E-state index contributed by atoms with van der Waals surface area (Å²) in [4.78, 5) is 0. The van der Waals surface area contributed by atoms with Gasteiger partial charge in [0.25, 0.3) is 0 Å². The van der Waals surface area contributed by atoms with Crippen molar-refractivity contribution in [1.82, 2.24) is 5.32 Å². The first-order valence-corrected chi connectivity index (χ1v) is 5.29. The van der Waals surface area contributed by atoms with E-state index < -0.39 is 0 Å². The molecule has 0 bridgehead atoms. The first kappa shape index (κ1) is 10.8. The molecule has 0 atom stereocenters. The van der Waals surface area contributed by atoms with E-state index in [1.807, 2.05) is 37.4 Å². The molecule has 2 rings (SSSR count). The van der Waals surface area contributed by atoms with Crippen LogP contribution in [0, 0.1) is 5.82 Å². The molecule has 82 valence electrons. The van der Waals surface area contributed by atoms with E-state index in [1.165, 1.54) is 11.6 Å². The standard InChI is InChI=1S/C14H14FN/c1-16-10-11-6-8-12(9-7-11)13-4-2-3-5-14(13)15/h2-9,16H,10H2,1H3. The van der Waals surface area contributed by atoms with Crippen molar-refractivity contribution in [3.8, 4) is 11.1 Å². The van der Waals surface area contributed by atoms with Crippen LogP contribution in [0.15, 0.2) is 48.5 Å². The topological polar surface area (TPSA) is 12.0 Å². The molecule has 0 unspecified atom stereocenters. The molecule has 0 spiro atoms. The molecular weight excluding hydrogens is 201 g/mol. The minimum absolute atomic E-state index is 0.177. The third-order valence-corrected chi connectivity index (χ3v) is 2.52. The molecule has 0 aliphatic heterocycles. The maximum atomic E-state index is 13.5. The summed E-state index contributed by atoms with van der Waals surface area (Å²) in [6, 6.07) is 14.8. The first-order chi connectivity index (χ1) is 7.81. The maximum Gasteiger partial charge on any atom is 0.131 e. The predicted molar refractivity (Wildman–Crippen MR) is 64.6 cm³/mol. The summed E-state index contributed by atoms with van der Waals surface area (Å²) in [5.41, 5.74) is 2.76. The number of hydrogen-bond donors (Lipinski definition) is 1. The molecule has 2 heteroatoms. The first-order valence-electron chi connectivity index (χ1n) is 5.29. The second-order valence-corrected chi connectivity index (χ2v) is 3.71. The molecule has 1 nitrogen and oxygen atoms in total. The van der Waals surface area contributed by atoms with Gasteiger partial charge in [0, 0.05) is 12.1 Å². The minimum atomic E-state index is -0.177. The lowest BCUT2D eigenvalue weighted by Gasteiger charge is -2.05. The van der Waals surface area contributed by atoms with Crippen LogP contribution in [-0.4, -0.2) is 7.05 Å². The van der Waals surface area contributed by atoms with Crippen LogP contribution in [0.4, 0.5) is 4.39 Å². The lowest BCUT2D eigenvalue weighted by Crippen LogP contribution is -2.04. The van der Waals surface area contributed by atoms with Gasteiger partial charge in [0.05, 0.1) is 0 Å². The second-order valence-electron chi connectivity index (χ2n) is 3.71. The van der Waals surface area contributed by atoms with E-state index in [2.05, 4.69) is 5.32 Å². The highest BCUT2D eigenvalue weighted by molar-refractivity contribution is 5.64. The molecule has 2 aromatic carbocycles. The van der Waals surface area contributed by atoms with Gasteiger partial charge in [-0.3, -0.25) is 0 Å². The van der Waals surface area contributed by atoms with Crippen molar-refractivity contribution in [2.75, 3.05) is 7.05 Å². The Kier molecular flexibility index (Phi) is 3.32. The highest BCUT2D eigenvalue weighted by Crippen LogP contribution is 2.22. The molecule has 16 heavy (non-hydrogen) atoms. The Hall–Kier alpha value is -1.67. The van der Waals surface area contributed by atoms with E-state index in [0.717, 1.165) is 12.1 Å². The van der Waals surface area contributed by atoms with Gasteiger partial charge in [-0.2, -0.15) is 0 Å². The Morgan fingerprint density at radius 3 is 2.31 bits per heavy atom. The summed E-state index contributed by atoms with van der Waals surface area (Å²) in [5.74, 6) is -0.177. The smallest absolute Gasteiger partial charge is 0.131 e. The molecule has 0 saturated carbocycles. The fourth-order valence-electron chi connectivity index (χ4n) is 1.70. The maximum absolute atomic E-state index is 13.5. The normalized spacial score (nSPS) is 10.4. The molecule has 2 aromatic rings. The zero-order valence-corrected chi connectivity index (χ0v) is 9.20. The minimum Gasteiger partial charge on any atom is -0.316 e. The van der Waals surface area contributed by atoms with E-state index in [4.69, 9.17) is 0 Å². The quantitative estimate of drug-likeness (QED) is 0.829. The molecule has 1 N–H and O–H groups in total. The van der Waals surface area contributed by atoms with Crippen molar-refractivity contribution in [2.45, 2.75) is 6.54 Å². The summed E-state index contributed by atoms with van der Waals surface area (Å²) >= 11 is 0. The summed E-state index contributed by atoms with van der Waals surface area (Å²) in [5, 5.41) is 3.08. The number of hydrogen-bond acceptors (Lipinski definition) is 1. The van der Waals surface area contributed by atoms with Crippen molar-refractivity contribution < 1.29 is 4.39 Å².